The molecule has 0 saturated heterocycles. The molecule has 3 unspecified atom stereocenters. The van der Waals surface area contributed by atoms with Crippen LogP contribution in [0.2, 0.25) is 0 Å². The maximum absolute atomic E-state index is 14.6. The first-order valence-electron chi connectivity index (χ1n) is 10.3. The van der Waals surface area contributed by atoms with E-state index in [1.807, 2.05) is 0 Å². The van der Waals surface area contributed by atoms with Crippen molar-refractivity contribution >= 4 is 5.69 Å². The van der Waals surface area contributed by atoms with Gasteiger partial charge in [-0.1, -0.05) is 12.1 Å². The lowest BCUT2D eigenvalue weighted by Gasteiger charge is -2.44. The molecule has 0 fully saturated rings. The first-order valence-corrected chi connectivity index (χ1v) is 10.3. The summed E-state index contributed by atoms with van der Waals surface area (Å²) in [6, 6.07) is 0.890. The smallest absolute Gasteiger partial charge is 0.399 e. The second-order valence-corrected chi connectivity index (χ2v) is 9.27. The van der Waals surface area contributed by atoms with Crippen molar-refractivity contribution < 1.29 is 83.4 Å². The van der Waals surface area contributed by atoms with Gasteiger partial charge in [0, 0.05) is 17.7 Å². The molecule has 1 aromatic carbocycles. The summed E-state index contributed by atoms with van der Waals surface area (Å²) in [5.41, 5.74) is -3.40. The van der Waals surface area contributed by atoms with Gasteiger partial charge in [-0.2, -0.15) is 65.9 Å². The summed E-state index contributed by atoms with van der Waals surface area (Å²) < 4.78 is 265. The minimum atomic E-state index is -8.58. The van der Waals surface area contributed by atoms with E-state index in [0.717, 1.165) is 0 Å². The van der Waals surface area contributed by atoms with Crippen LogP contribution in [0.3, 0.4) is 0 Å². The third-order valence-corrected chi connectivity index (χ3v) is 6.03. The summed E-state index contributed by atoms with van der Waals surface area (Å²) in [5.74, 6) is -54.4. The molecule has 1 aromatic rings. The Morgan fingerprint density at radius 2 is 0.927 bits per heavy atom. The van der Waals surface area contributed by atoms with Crippen molar-refractivity contribution in [2.45, 2.75) is 85.3 Å². The molecule has 0 radical (unpaired) electrons. The average molecular weight is 646 g/mol. The number of nitrogens with two attached hydrogens (primary N) is 2. The van der Waals surface area contributed by atoms with Crippen LogP contribution in [0.15, 0.2) is 24.3 Å². The lowest BCUT2D eigenvalue weighted by Crippen LogP contribution is -2.75. The van der Waals surface area contributed by atoms with Gasteiger partial charge < -0.3 is 5.73 Å². The number of rotatable bonds is 11. The largest absolute Gasteiger partial charge is 0.425 e. The van der Waals surface area contributed by atoms with Crippen molar-refractivity contribution in [1.82, 2.24) is 0 Å². The predicted octanol–water partition coefficient (Wildman–Crippen LogP) is 7.91. The standard InChI is InChI=1S/C20H17F19N2/c1-11(2,22)12(23,20(37,38)39)7-10(21)13(24,25)15(27,28)17(31,32)19(35,36)18(33,34)16(29,30)14(26,41)8-3-5-9(40)6-4-8/h3-6,10H,7,40-41H2,1-2H3. The zero-order chi connectivity index (χ0) is 33.3. The van der Waals surface area contributed by atoms with E-state index in [2.05, 4.69) is 5.73 Å². The van der Waals surface area contributed by atoms with Crippen LogP contribution in [0.1, 0.15) is 25.8 Å². The molecule has 0 aliphatic carbocycles. The predicted molar refractivity (Wildman–Crippen MR) is 102 cm³/mol. The Kier molecular flexibility index (Phi) is 8.81. The summed E-state index contributed by atoms with van der Waals surface area (Å²) >= 11 is 0. The molecule has 240 valence electrons. The van der Waals surface area contributed by atoms with E-state index in [4.69, 9.17) is 5.73 Å². The minimum absolute atomic E-state index is 0.0162. The van der Waals surface area contributed by atoms with Gasteiger partial charge in [-0.05, 0) is 26.0 Å². The van der Waals surface area contributed by atoms with Crippen LogP contribution in [0.4, 0.5) is 89.1 Å². The van der Waals surface area contributed by atoms with E-state index >= 15 is 0 Å². The second kappa shape index (κ2) is 9.85. The molecule has 0 spiro atoms. The molecule has 1 rings (SSSR count). The lowest BCUT2D eigenvalue weighted by atomic mass is 9.80. The highest BCUT2D eigenvalue weighted by atomic mass is 19.4. The Balaban J connectivity index is 3.70. The highest BCUT2D eigenvalue weighted by Crippen LogP contribution is 2.63. The van der Waals surface area contributed by atoms with E-state index in [1.54, 1.807) is 0 Å². The fourth-order valence-electron chi connectivity index (χ4n) is 3.20. The van der Waals surface area contributed by atoms with Crippen molar-refractivity contribution in [2.75, 3.05) is 5.73 Å². The molecule has 0 amide bonds. The van der Waals surface area contributed by atoms with Gasteiger partial charge in [0.1, 0.15) is 5.67 Å². The summed E-state index contributed by atoms with van der Waals surface area (Å²) in [6.07, 6.45) is -16.3. The molecule has 4 N–H and O–H groups in total. The fourth-order valence-corrected chi connectivity index (χ4v) is 3.20. The van der Waals surface area contributed by atoms with Crippen LogP contribution in [-0.4, -0.2) is 59.2 Å². The third-order valence-electron chi connectivity index (χ3n) is 6.03. The van der Waals surface area contributed by atoms with Crippen molar-refractivity contribution in [1.29, 1.82) is 0 Å². The minimum Gasteiger partial charge on any atom is -0.399 e. The number of hydrogen-bond donors (Lipinski definition) is 2. The van der Waals surface area contributed by atoms with Gasteiger partial charge in [0.05, 0.1) is 0 Å². The van der Waals surface area contributed by atoms with Gasteiger partial charge in [0.25, 0.3) is 5.79 Å². The Labute approximate surface area is 216 Å². The molecule has 0 aliphatic heterocycles. The van der Waals surface area contributed by atoms with E-state index in [0.29, 0.717) is 12.1 Å². The molecule has 0 aromatic heterocycles. The van der Waals surface area contributed by atoms with Crippen LogP contribution >= 0.6 is 0 Å². The monoisotopic (exact) mass is 646 g/mol. The van der Waals surface area contributed by atoms with E-state index < -0.39 is 96.5 Å². The maximum Gasteiger partial charge on any atom is 0.425 e. The molecule has 3 atom stereocenters. The van der Waals surface area contributed by atoms with Gasteiger partial charge in [-0.15, -0.1) is 0 Å². The molecular formula is C20H17F19N2. The van der Waals surface area contributed by atoms with Crippen molar-refractivity contribution in [3.63, 3.8) is 0 Å². The van der Waals surface area contributed by atoms with Crippen molar-refractivity contribution in [3.05, 3.63) is 29.8 Å². The van der Waals surface area contributed by atoms with Gasteiger partial charge in [-0.3, -0.25) is 5.73 Å². The maximum atomic E-state index is 14.6. The second-order valence-electron chi connectivity index (χ2n) is 9.27. The Hall–Kier alpha value is -2.35. The molecular weight excluding hydrogens is 629 g/mol. The van der Waals surface area contributed by atoms with Crippen LogP contribution in [-0.2, 0) is 5.79 Å². The summed E-state index contributed by atoms with van der Waals surface area (Å²) in [4.78, 5) is 0. The Morgan fingerprint density at radius 3 is 1.27 bits per heavy atom. The summed E-state index contributed by atoms with van der Waals surface area (Å²) in [6.45, 7) is -0.821. The molecule has 0 bridgehead atoms. The first kappa shape index (κ1) is 36.7. The number of halogens is 19. The van der Waals surface area contributed by atoms with Crippen molar-refractivity contribution in [2.24, 2.45) is 5.73 Å². The SMILES string of the molecule is CC(C)(F)C(F)(CC(F)C(F)(F)C(F)(F)C(F)(F)C(F)(F)C(F)(F)C(F)(F)C(N)(F)c1ccc(N)cc1)C(F)(F)F. The highest BCUT2D eigenvalue weighted by Gasteiger charge is 2.93. The van der Waals surface area contributed by atoms with Gasteiger partial charge in [-0.25, -0.2) is 17.6 Å². The average Bonchev–Trinajstić information content (AvgIpc) is 2.76. The third kappa shape index (κ3) is 5.12. The van der Waals surface area contributed by atoms with Crippen LogP contribution in [0.5, 0.6) is 0 Å². The summed E-state index contributed by atoms with van der Waals surface area (Å²) in [7, 11) is 0. The molecule has 21 heteroatoms. The number of hydrogen-bond acceptors (Lipinski definition) is 2. The topological polar surface area (TPSA) is 52.0 Å². The molecule has 0 aliphatic rings. The molecule has 0 heterocycles. The fraction of sp³-hybridized carbons (Fsp3) is 0.700. The lowest BCUT2D eigenvalue weighted by molar-refractivity contribution is -0.439. The van der Waals surface area contributed by atoms with Gasteiger partial charge in [0.15, 0.2) is 6.17 Å². The van der Waals surface area contributed by atoms with E-state index in [9.17, 15) is 83.4 Å². The van der Waals surface area contributed by atoms with Crippen LogP contribution in [0.25, 0.3) is 0 Å². The number of anilines is 1. The quantitative estimate of drug-likeness (QED) is 0.146. The molecule has 2 nitrogen and oxygen atoms in total. The molecule has 41 heavy (non-hydrogen) atoms. The van der Waals surface area contributed by atoms with Gasteiger partial charge in [0.2, 0.25) is 5.67 Å². The van der Waals surface area contributed by atoms with E-state index in [1.165, 1.54) is 0 Å². The molecule has 0 saturated carbocycles. The van der Waals surface area contributed by atoms with E-state index in [-0.39, 0.29) is 12.1 Å². The Bertz CT molecular complexity index is 1060. The zero-order valence-corrected chi connectivity index (χ0v) is 19.9. The number of alkyl halides is 19. The van der Waals surface area contributed by atoms with Crippen molar-refractivity contribution in [3.8, 4) is 0 Å². The number of benzene rings is 1. The Morgan fingerprint density at radius 1 is 0.585 bits per heavy atom. The first-order chi connectivity index (χ1) is 17.6. The van der Waals surface area contributed by atoms with Gasteiger partial charge >= 0.3 is 41.7 Å². The normalized spacial score (nSPS) is 19.0. The number of nitrogen functional groups attached to an aromatic ring is 1. The highest BCUT2D eigenvalue weighted by molar-refractivity contribution is 5.41. The van der Waals surface area contributed by atoms with Crippen LogP contribution in [0, 0.1) is 0 Å². The summed E-state index contributed by atoms with van der Waals surface area (Å²) in [5, 5.41) is 0. The van der Waals surface area contributed by atoms with Crippen LogP contribution < -0.4 is 11.5 Å². The zero-order valence-electron chi connectivity index (χ0n) is 19.9.